The summed E-state index contributed by atoms with van der Waals surface area (Å²) >= 11 is 3.45. The molecule has 136 valence electrons. The average Bonchev–Trinajstić information content (AvgIpc) is 3.07. The lowest BCUT2D eigenvalue weighted by Crippen LogP contribution is -2.12. The first-order valence-corrected chi connectivity index (χ1v) is 10.8. The third-order valence-electron chi connectivity index (χ3n) is 5.02. The van der Waals surface area contributed by atoms with Crippen molar-refractivity contribution in [2.45, 2.75) is 42.9 Å². The highest BCUT2D eigenvalue weighted by molar-refractivity contribution is 7.99. The van der Waals surface area contributed by atoms with Crippen LogP contribution in [0.15, 0.2) is 40.4 Å². The zero-order valence-corrected chi connectivity index (χ0v) is 16.5. The van der Waals surface area contributed by atoms with Gasteiger partial charge in [-0.1, -0.05) is 23.9 Å². The molecule has 7 heteroatoms. The van der Waals surface area contributed by atoms with Crippen LogP contribution in [0.5, 0.6) is 0 Å². The molecular formula is C20H18N4OS2. The van der Waals surface area contributed by atoms with Crippen LogP contribution in [0.25, 0.3) is 21.1 Å². The molecule has 0 bridgehead atoms. The van der Waals surface area contributed by atoms with Crippen LogP contribution >= 0.6 is 23.1 Å². The summed E-state index contributed by atoms with van der Waals surface area (Å²) in [5.74, 6) is 0.680. The van der Waals surface area contributed by atoms with Gasteiger partial charge in [-0.15, -0.1) is 11.3 Å². The molecule has 27 heavy (non-hydrogen) atoms. The van der Waals surface area contributed by atoms with E-state index in [1.807, 2.05) is 18.2 Å². The molecule has 1 aliphatic rings. The summed E-state index contributed by atoms with van der Waals surface area (Å²) in [5, 5.41) is 2.80. The second kappa shape index (κ2) is 6.73. The Balaban J connectivity index is 1.55. The van der Waals surface area contributed by atoms with E-state index in [9.17, 15) is 4.79 Å². The highest BCUT2D eigenvalue weighted by Gasteiger charge is 2.22. The quantitative estimate of drug-likeness (QED) is 0.404. The van der Waals surface area contributed by atoms with E-state index in [2.05, 4.69) is 26.9 Å². The number of aryl methyl sites for hydroxylation is 2. The summed E-state index contributed by atoms with van der Waals surface area (Å²) in [6, 6.07) is 7.44. The summed E-state index contributed by atoms with van der Waals surface area (Å²) in [5.41, 5.74) is 2.06. The van der Waals surface area contributed by atoms with Gasteiger partial charge >= 0.3 is 0 Å². The molecule has 0 saturated heterocycles. The Morgan fingerprint density at radius 2 is 2.04 bits per heavy atom. The number of aromatic amines is 1. The number of thiophene rings is 1. The Bertz CT molecular complexity index is 1210. The van der Waals surface area contributed by atoms with E-state index >= 15 is 0 Å². The van der Waals surface area contributed by atoms with Gasteiger partial charge in [-0.2, -0.15) is 0 Å². The van der Waals surface area contributed by atoms with Crippen LogP contribution < -0.4 is 5.56 Å². The smallest absolute Gasteiger partial charge is 0.258 e. The standard InChI is InChI=1S/C20H18N4OS2/c1-11(17-23-14-8-4-2-6-12(14)18(25)24-17)26-19-16-13-7-3-5-9-15(13)27-20(16)22-10-21-19/h2,4,6,8,10-11H,3,5,7,9H2,1H3,(H,23,24,25). The van der Waals surface area contributed by atoms with Gasteiger partial charge in [0.1, 0.15) is 22.0 Å². The molecule has 0 saturated carbocycles. The molecule has 1 aromatic carbocycles. The highest BCUT2D eigenvalue weighted by Crippen LogP contribution is 2.42. The molecule has 5 rings (SSSR count). The van der Waals surface area contributed by atoms with Crippen LogP contribution in [0.3, 0.4) is 0 Å². The SMILES string of the molecule is CC(Sc1ncnc2sc3c(c12)CCCC3)c1nc2ccccc2c(=O)[nH]1. The van der Waals surface area contributed by atoms with E-state index in [0.29, 0.717) is 11.2 Å². The van der Waals surface area contributed by atoms with E-state index < -0.39 is 0 Å². The summed E-state index contributed by atoms with van der Waals surface area (Å²) < 4.78 is 0. The van der Waals surface area contributed by atoms with Gasteiger partial charge < -0.3 is 4.98 Å². The van der Waals surface area contributed by atoms with Gasteiger partial charge in [-0.25, -0.2) is 15.0 Å². The van der Waals surface area contributed by atoms with Crippen LogP contribution in [-0.2, 0) is 12.8 Å². The normalized spacial score (nSPS) is 15.1. The second-order valence-electron chi connectivity index (χ2n) is 6.80. The van der Waals surface area contributed by atoms with Crippen molar-refractivity contribution in [2.24, 2.45) is 0 Å². The Morgan fingerprint density at radius 1 is 1.19 bits per heavy atom. The first-order valence-electron chi connectivity index (χ1n) is 9.11. The van der Waals surface area contributed by atoms with E-state index in [0.717, 1.165) is 28.2 Å². The van der Waals surface area contributed by atoms with Crippen LogP contribution in [0.1, 0.15) is 41.3 Å². The fourth-order valence-corrected chi connectivity index (χ4v) is 5.97. The van der Waals surface area contributed by atoms with E-state index in [-0.39, 0.29) is 10.8 Å². The molecule has 0 aliphatic heterocycles. The molecular weight excluding hydrogens is 376 g/mol. The van der Waals surface area contributed by atoms with Gasteiger partial charge in [0.05, 0.1) is 16.2 Å². The number of rotatable bonds is 3. The Labute approximate surface area is 164 Å². The van der Waals surface area contributed by atoms with Gasteiger partial charge in [0.15, 0.2) is 0 Å². The summed E-state index contributed by atoms with van der Waals surface area (Å²) in [7, 11) is 0. The Morgan fingerprint density at radius 3 is 2.96 bits per heavy atom. The minimum Gasteiger partial charge on any atom is -0.309 e. The van der Waals surface area contributed by atoms with Crippen LogP contribution in [0.2, 0.25) is 0 Å². The zero-order chi connectivity index (χ0) is 18.4. The molecule has 4 aromatic rings. The second-order valence-corrected chi connectivity index (χ2v) is 9.21. The number of para-hydroxylation sites is 1. The van der Waals surface area contributed by atoms with Crippen molar-refractivity contribution in [1.29, 1.82) is 0 Å². The summed E-state index contributed by atoms with van der Waals surface area (Å²) in [4.78, 5) is 31.6. The van der Waals surface area contributed by atoms with Crippen molar-refractivity contribution < 1.29 is 0 Å². The molecule has 0 fully saturated rings. The maximum atomic E-state index is 12.4. The number of H-pyrrole nitrogens is 1. The van der Waals surface area contributed by atoms with E-state index in [1.54, 1.807) is 35.5 Å². The number of hydrogen-bond acceptors (Lipinski definition) is 6. The molecule has 0 amide bonds. The molecule has 3 aromatic heterocycles. The van der Waals surface area contributed by atoms with Crippen LogP contribution in [0.4, 0.5) is 0 Å². The van der Waals surface area contributed by atoms with Crippen molar-refractivity contribution in [2.75, 3.05) is 0 Å². The third kappa shape index (κ3) is 2.95. The minimum absolute atomic E-state index is 0.0143. The molecule has 3 heterocycles. The first kappa shape index (κ1) is 16.9. The lowest BCUT2D eigenvalue weighted by atomic mass is 9.97. The largest absolute Gasteiger partial charge is 0.309 e. The lowest BCUT2D eigenvalue weighted by Gasteiger charge is -2.14. The Hall–Kier alpha value is -2.25. The van der Waals surface area contributed by atoms with Gasteiger partial charge in [0.25, 0.3) is 5.56 Å². The maximum Gasteiger partial charge on any atom is 0.258 e. The number of fused-ring (bicyclic) bond motifs is 4. The molecule has 1 atom stereocenters. The van der Waals surface area contributed by atoms with Crippen molar-refractivity contribution in [3.05, 3.63) is 57.2 Å². The number of benzene rings is 1. The van der Waals surface area contributed by atoms with Crippen LogP contribution in [0, 0.1) is 0 Å². The predicted molar refractivity (Wildman–Crippen MR) is 111 cm³/mol. The Kier molecular flexibility index (Phi) is 4.21. The molecule has 0 spiro atoms. The number of nitrogens with one attached hydrogen (secondary N) is 1. The van der Waals surface area contributed by atoms with Gasteiger partial charge in [0.2, 0.25) is 0 Å². The van der Waals surface area contributed by atoms with Crippen molar-refractivity contribution >= 4 is 44.2 Å². The molecule has 5 nitrogen and oxygen atoms in total. The van der Waals surface area contributed by atoms with Gasteiger partial charge in [-0.3, -0.25) is 4.79 Å². The topological polar surface area (TPSA) is 71.5 Å². The lowest BCUT2D eigenvalue weighted by molar-refractivity contribution is 0.699. The predicted octanol–water partition coefficient (Wildman–Crippen LogP) is 4.66. The first-order chi connectivity index (χ1) is 13.2. The summed E-state index contributed by atoms with van der Waals surface area (Å²) in [6.45, 7) is 2.06. The molecule has 0 radical (unpaired) electrons. The number of nitrogens with zero attached hydrogens (tertiary/aromatic N) is 3. The van der Waals surface area contributed by atoms with Crippen molar-refractivity contribution in [3.63, 3.8) is 0 Å². The minimum atomic E-state index is -0.0937. The molecule has 1 N–H and O–H groups in total. The van der Waals surface area contributed by atoms with Crippen molar-refractivity contribution in [1.82, 2.24) is 19.9 Å². The fraction of sp³-hybridized carbons (Fsp3) is 0.300. The molecule has 1 aliphatic carbocycles. The zero-order valence-electron chi connectivity index (χ0n) is 14.9. The average molecular weight is 395 g/mol. The van der Waals surface area contributed by atoms with Crippen LogP contribution in [-0.4, -0.2) is 19.9 Å². The number of thioether (sulfide) groups is 1. The monoisotopic (exact) mass is 394 g/mol. The highest BCUT2D eigenvalue weighted by atomic mass is 32.2. The van der Waals surface area contributed by atoms with Crippen molar-refractivity contribution in [3.8, 4) is 0 Å². The number of hydrogen-bond donors (Lipinski definition) is 1. The van der Waals surface area contributed by atoms with Gasteiger partial charge in [-0.05, 0) is 50.3 Å². The maximum absolute atomic E-state index is 12.4. The fourth-order valence-electron chi connectivity index (χ4n) is 3.67. The van der Waals surface area contributed by atoms with Gasteiger partial charge in [0, 0.05) is 10.3 Å². The third-order valence-corrected chi connectivity index (χ3v) is 7.33. The summed E-state index contributed by atoms with van der Waals surface area (Å²) in [6.07, 6.45) is 6.39. The van der Waals surface area contributed by atoms with E-state index in [1.165, 1.54) is 28.7 Å². The number of aromatic nitrogens is 4. The van der Waals surface area contributed by atoms with E-state index in [4.69, 9.17) is 0 Å². The molecule has 1 unspecified atom stereocenters.